The Kier molecular flexibility index (Phi) is 4.28. The quantitative estimate of drug-likeness (QED) is 0.730. The minimum absolute atomic E-state index is 0.122. The highest BCUT2D eigenvalue weighted by Gasteiger charge is 2.07. The number of rotatable bonds is 4. The lowest BCUT2D eigenvalue weighted by atomic mass is 10.2. The van der Waals surface area contributed by atoms with E-state index in [-0.39, 0.29) is 5.56 Å². The first-order valence-electron chi connectivity index (χ1n) is 6.30. The summed E-state index contributed by atoms with van der Waals surface area (Å²) in [6.07, 6.45) is 0. The van der Waals surface area contributed by atoms with Crippen LogP contribution in [-0.2, 0) is 11.5 Å². The molecule has 0 fully saturated rings. The molecule has 0 bridgehead atoms. The van der Waals surface area contributed by atoms with Crippen molar-refractivity contribution in [1.82, 2.24) is 14.6 Å². The van der Waals surface area contributed by atoms with Crippen LogP contribution in [0.3, 0.4) is 0 Å². The van der Waals surface area contributed by atoms with Gasteiger partial charge in [-0.05, 0) is 24.6 Å². The van der Waals surface area contributed by atoms with Crippen molar-refractivity contribution >= 4 is 39.7 Å². The van der Waals surface area contributed by atoms with E-state index in [0.717, 1.165) is 21.5 Å². The van der Waals surface area contributed by atoms with Crippen LogP contribution in [0.15, 0.2) is 35.1 Å². The van der Waals surface area contributed by atoms with Crippen molar-refractivity contribution in [2.45, 2.75) is 18.4 Å². The van der Waals surface area contributed by atoms with Gasteiger partial charge in [-0.1, -0.05) is 35.1 Å². The number of aryl methyl sites for hydroxylation is 1. The Morgan fingerprint density at radius 2 is 2.19 bits per heavy atom. The fraction of sp³-hybridized carbons (Fsp3) is 0.214. The first-order chi connectivity index (χ1) is 10.1. The minimum atomic E-state index is -0.122. The SMILES string of the molecule is Cc1nn2c(=O)cc(CSCc3cccc(Cl)c3)nc2s1. The monoisotopic (exact) mass is 337 g/mol. The molecule has 3 aromatic rings. The smallest absolute Gasteiger partial charge is 0.267 e. The molecule has 0 aliphatic rings. The Bertz CT molecular complexity index is 844. The zero-order chi connectivity index (χ0) is 14.8. The van der Waals surface area contributed by atoms with Crippen molar-refractivity contribution in [2.75, 3.05) is 0 Å². The van der Waals surface area contributed by atoms with Gasteiger partial charge in [0.15, 0.2) is 0 Å². The van der Waals surface area contributed by atoms with Gasteiger partial charge in [-0.2, -0.15) is 21.4 Å². The van der Waals surface area contributed by atoms with Crippen LogP contribution in [0.25, 0.3) is 4.96 Å². The van der Waals surface area contributed by atoms with Crippen LogP contribution < -0.4 is 5.56 Å². The molecule has 0 spiro atoms. The van der Waals surface area contributed by atoms with Crippen molar-refractivity contribution in [2.24, 2.45) is 0 Å². The van der Waals surface area contributed by atoms with Crippen molar-refractivity contribution < 1.29 is 0 Å². The highest BCUT2D eigenvalue weighted by Crippen LogP contribution is 2.19. The summed E-state index contributed by atoms with van der Waals surface area (Å²) in [5, 5.41) is 5.71. The molecule has 2 heterocycles. The first-order valence-corrected chi connectivity index (χ1v) is 8.65. The molecule has 0 radical (unpaired) electrons. The Balaban J connectivity index is 1.72. The first kappa shape index (κ1) is 14.6. The molecular weight excluding hydrogens is 326 g/mol. The van der Waals surface area contributed by atoms with Crippen LogP contribution in [0, 0.1) is 6.92 Å². The highest BCUT2D eigenvalue weighted by molar-refractivity contribution is 7.97. The third kappa shape index (κ3) is 3.45. The maximum Gasteiger partial charge on any atom is 0.275 e. The van der Waals surface area contributed by atoms with E-state index >= 15 is 0 Å². The molecule has 1 aromatic carbocycles. The summed E-state index contributed by atoms with van der Waals surface area (Å²) in [5.74, 6) is 1.53. The Morgan fingerprint density at radius 3 is 3.00 bits per heavy atom. The molecule has 0 atom stereocenters. The van der Waals surface area contributed by atoms with E-state index in [2.05, 4.69) is 10.1 Å². The summed E-state index contributed by atoms with van der Waals surface area (Å²) in [7, 11) is 0. The normalized spacial score (nSPS) is 11.1. The molecule has 0 saturated carbocycles. The molecule has 0 saturated heterocycles. The summed E-state index contributed by atoms with van der Waals surface area (Å²) < 4.78 is 1.35. The third-order valence-electron chi connectivity index (χ3n) is 2.81. The fourth-order valence-electron chi connectivity index (χ4n) is 1.93. The van der Waals surface area contributed by atoms with Crippen LogP contribution in [0.5, 0.6) is 0 Å². The number of aromatic nitrogens is 3. The van der Waals surface area contributed by atoms with Gasteiger partial charge in [-0.15, -0.1) is 0 Å². The second-order valence-electron chi connectivity index (χ2n) is 4.52. The Hall–Kier alpha value is -1.37. The molecule has 2 aromatic heterocycles. The van der Waals surface area contributed by atoms with Crippen LogP contribution in [0.1, 0.15) is 16.3 Å². The van der Waals surface area contributed by atoms with Gasteiger partial charge in [0.05, 0.1) is 5.69 Å². The number of hydrogen-bond acceptors (Lipinski definition) is 5. The molecule has 0 amide bonds. The minimum Gasteiger partial charge on any atom is -0.267 e. The molecule has 4 nitrogen and oxygen atoms in total. The van der Waals surface area contributed by atoms with E-state index in [4.69, 9.17) is 11.6 Å². The predicted octanol–water partition coefficient (Wildman–Crippen LogP) is 3.55. The van der Waals surface area contributed by atoms with E-state index in [1.807, 2.05) is 31.2 Å². The standard InChI is InChI=1S/C14H12ClN3OS2/c1-9-17-18-13(19)6-12(16-14(18)21-9)8-20-7-10-3-2-4-11(15)5-10/h2-6H,7-8H2,1H3. The number of thioether (sulfide) groups is 1. The van der Waals surface area contributed by atoms with Crippen molar-refractivity contribution in [3.05, 3.63) is 62.0 Å². The van der Waals surface area contributed by atoms with E-state index in [0.29, 0.717) is 10.7 Å². The summed E-state index contributed by atoms with van der Waals surface area (Å²) >= 11 is 9.09. The van der Waals surface area contributed by atoms with Crippen molar-refractivity contribution in [3.63, 3.8) is 0 Å². The van der Waals surface area contributed by atoms with E-state index in [1.54, 1.807) is 17.8 Å². The van der Waals surface area contributed by atoms with Gasteiger partial charge in [0.2, 0.25) is 4.96 Å². The molecule has 0 aliphatic heterocycles. The molecule has 0 aliphatic carbocycles. The van der Waals surface area contributed by atoms with E-state index in [1.165, 1.54) is 21.4 Å². The van der Waals surface area contributed by atoms with Gasteiger partial charge < -0.3 is 0 Å². The topological polar surface area (TPSA) is 47.3 Å². The number of halogens is 1. The van der Waals surface area contributed by atoms with Gasteiger partial charge in [-0.3, -0.25) is 4.79 Å². The lowest BCUT2D eigenvalue weighted by Crippen LogP contribution is -2.15. The Labute approximate surface area is 134 Å². The van der Waals surface area contributed by atoms with Crippen molar-refractivity contribution in [1.29, 1.82) is 0 Å². The number of fused-ring (bicyclic) bond motifs is 1. The molecule has 108 valence electrons. The fourth-order valence-corrected chi connectivity index (χ4v) is 3.78. The highest BCUT2D eigenvalue weighted by atomic mass is 35.5. The third-order valence-corrected chi connectivity index (χ3v) is 4.90. The van der Waals surface area contributed by atoms with E-state index < -0.39 is 0 Å². The second-order valence-corrected chi connectivity index (χ2v) is 7.11. The molecule has 0 unspecified atom stereocenters. The van der Waals surface area contributed by atoms with Gasteiger partial charge in [0.25, 0.3) is 5.56 Å². The summed E-state index contributed by atoms with van der Waals surface area (Å²) in [6, 6.07) is 9.34. The second kappa shape index (κ2) is 6.17. The van der Waals surface area contributed by atoms with Crippen LogP contribution in [0.4, 0.5) is 0 Å². The average molecular weight is 338 g/mol. The maximum absolute atomic E-state index is 11.9. The van der Waals surface area contributed by atoms with Gasteiger partial charge >= 0.3 is 0 Å². The summed E-state index contributed by atoms with van der Waals surface area (Å²) in [5.41, 5.74) is 1.83. The van der Waals surface area contributed by atoms with Gasteiger partial charge in [0.1, 0.15) is 5.01 Å². The zero-order valence-corrected chi connectivity index (χ0v) is 13.6. The van der Waals surface area contributed by atoms with Crippen LogP contribution in [-0.4, -0.2) is 14.6 Å². The molecule has 21 heavy (non-hydrogen) atoms. The lowest BCUT2D eigenvalue weighted by Gasteiger charge is -2.02. The van der Waals surface area contributed by atoms with Crippen LogP contribution >= 0.6 is 34.7 Å². The van der Waals surface area contributed by atoms with Crippen molar-refractivity contribution in [3.8, 4) is 0 Å². The number of hydrogen-bond donors (Lipinski definition) is 0. The number of nitrogens with zero attached hydrogens (tertiary/aromatic N) is 3. The molecule has 3 rings (SSSR count). The zero-order valence-electron chi connectivity index (χ0n) is 11.2. The lowest BCUT2D eigenvalue weighted by molar-refractivity contribution is 0.872. The average Bonchev–Trinajstić information content (AvgIpc) is 2.80. The predicted molar refractivity (Wildman–Crippen MR) is 88.3 cm³/mol. The number of benzene rings is 1. The Morgan fingerprint density at radius 1 is 1.33 bits per heavy atom. The van der Waals surface area contributed by atoms with E-state index in [9.17, 15) is 4.79 Å². The molecule has 7 heteroatoms. The summed E-state index contributed by atoms with van der Waals surface area (Å²) in [6.45, 7) is 1.87. The molecular formula is C14H12ClN3OS2. The maximum atomic E-state index is 11.9. The molecule has 0 N–H and O–H groups in total. The largest absolute Gasteiger partial charge is 0.275 e. The summed E-state index contributed by atoms with van der Waals surface area (Å²) in [4.78, 5) is 17.1. The van der Waals surface area contributed by atoms with Gasteiger partial charge in [0, 0.05) is 22.6 Å². The van der Waals surface area contributed by atoms with Gasteiger partial charge in [-0.25, -0.2) is 4.98 Å². The van der Waals surface area contributed by atoms with Crippen LogP contribution in [0.2, 0.25) is 5.02 Å².